The summed E-state index contributed by atoms with van der Waals surface area (Å²) < 4.78 is 11.3. The van der Waals surface area contributed by atoms with Crippen molar-refractivity contribution in [1.29, 1.82) is 0 Å². The van der Waals surface area contributed by atoms with Gasteiger partial charge in [0, 0.05) is 26.2 Å². The lowest BCUT2D eigenvalue weighted by Crippen LogP contribution is -2.45. The van der Waals surface area contributed by atoms with Crippen LogP contribution in [0.15, 0.2) is 46.9 Å². The number of ether oxygens (including phenoxy) is 1. The Kier molecular flexibility index (Phi) is 7.30. The van der Waals surface area contributed by atoms with Crippen molar-refractivity contribution in [2.24, 2.45) is 0 Å². The van der Waals surface area contributed by atoms with Gasteiger partial charge in [-0.05, 0) is 37.5 Å². The van der Waals surface area contributed by atoms with Crippen LogP contribution in [0.3, 0.4) is 0 Å². The number of rotatable bonds is 8. The fraction of sp³-hybridized carbons (Fsp3) is 0.476. The maximum Gasteiger partial charge on any atom is 0.314 e. The van der Waals surface area contributed by atoms with Gasteiger partial charge in [-0.2, -0.15) is 0 Å². The van der Waals surface area contributed by atoms with Crippen LogP contribution in [0.4, 0.5) is 4.79 Å². The van der Waals surface area contributed by atoms with Crippen molar-refractivity contribution in [2.45, 2.75) is 25.8 Å². The minimum atomic E-state index is -0.135. The summed E-state index contributed by atoms with van der Waals surface area (Å²) in [6, 6.07) is 14.2. The molecule has 2 amide bonds. The smallest absolute Gasteiger partial charge is 0.314 e. The minimum Gasteiger partial charge on any atom is -0.465 e. The lowest BCUT2D eigenvalue weighted by Gasteiger charge is -2.33. The number of urea groups is 1. The van der Waals surface area contributed by atoms with Crippen LogP contribution in [0.2, 0.25) is 0 Å². The van der Waals surface area contributed by atoms with Crippen molar-refractivity contribution in [2.75, 3.05) is 39.4 Å². The molecule has 0 aliphatic carbocycles. The van der Waals surface area contributed by atoms with Crippen molar-refractivity contribution < 1.29 is 13.9 Å². The molecule has 1 aromatic heterocycles. The number of carbonyl (C=O) groups excluding carboxylic acids is 1. The van der Waals surface area contributed by atoms with E-state index in [1.807, 2.05) is 37.3 Å². The molecule has 2 heterocycles. The Morgan fingerprint density at radius 1 is 1.11 bits per heavy atom. The van der Waals surface area contributed by atoms with Gasteiger partial charge in [0.25, 0.3) is 0 Å². The molecule has 0 saturated carbocycles. The molecule has 6 nitrogen and oxygen atoms in total. The number of hydrogen-bond donors (Lipinski definition) is 2. The second-order valence-electron chi connectivity index (χ2n) is 6.84. The van der Waals surface area contributed by atoms with Crippen LogP contribution in [0, 0.1) is 6.92 Å². The molecule has 1 unspecified atom stereocenters. The van der Waals surface area contributed by atoms with Gasteiger partial charge < -0.3 is 19.8 Å². The molecule has 2 N–H and O–H groups in total. The van der Waals surface area contributed by atoms with E-state index < -0.39 is 0 Å². The Bertz CT molecular complexity index is 696. The Balaban J connectivity index is 1.44. The van der Waals surface area contributed by atoms with Gasteiger partial charge in [-0.15, -0.1) is 0 Å². The van der Waals surface area contributed by atoms with E-state index in [1.54, 1.807) is 0 Å². The quantitative estimate of drug-likeness (QED) is 0.700. The maximum absolute atomic E-state index is 12.2. The molecule has 0 radical (unpaired) electrons. The molecule has 1 saturated heterocycles. The molecular formula is C21H29N3O3. The SMILES string of the molecule is Cc1ccc(C(CNC(=O)NCCCc2ccccc2)N2CCOCC2)o1. The predicted molar refractivity (Wildman–Crippen MR) is 105 cm³/mol. The first-order valence-corrected chi connectivity index (χ1v) is 9.66. The fourth-order valence-corrected chi connectivity index (χ4v) is 3.32. The second-order valence-corrected chi connectivity index (χ2v) is 6.84. The summed E-state index contributed by atoms with van der Waals surface area (Å²) in [7, 11) is 0. The molecular weight excluding hydrogens is 342 g/mol. The summed E-state index contributed by atoms with van der Waals surface area (Å²) in [5.74, 6) is 1.77. The zero-order chi connectivity index (χ0) is 18.9. The summed E-state index contributed by atoms with van der Waals surface area (Å²) in [6.07, 6.45) is 1.88. The van der Waals surface area contributed by atoms with Gasteiger partial charge >= 0.3 is 6.03 Å². The molecule has 1 atom stereocenters. The first kappa shape index (κ1) is 19.5. The first-order valence-electron chi connectivity index (χ1n) is 9.66. The predicted octanol–water partition coefficient (Wildman–Crippen LogP) is 2.89. The zero-order valence-electron chi connectivity index (χ0n) is 15.9. The van der Waals surface area contributed by atoms with E-state index in [2.05, 4.69) is 27.7 Å². The largest absolute Gasteiger partial charge is 0.465 e. The van der Waals surface area contributed by atoms with Crippen LogP contribution in [-0.2, 0) is 11.2 Å². The first-order chi connectivity index (χ1) is 13.2. The monoisotopic (exact) mass is 371 g/mol. The zero-order valence-corrected chi connectivity index (χ0v) is 15.9. The van der Waals surface area contributed by atoms with Crippen LogP contribution in [0.25, 0.3) is 0 Å². The number of aryl methyl sites for hydroxylation is 2. The van der Waals surface area contributed by atoms with E-state index in [-0.39, 0.29) is 12.1 Å². The van der Waals surface area contributed by atoms with Gasteiger partial charge in [0.1, 0.15) is 11.5 Å². The summed E-state index contributed by atoms with van der Waals surface area (Å²) in [5, 5.41) is 5.94. The second kappa shape index (κ2) is 10.1. The molecule has 27 heavy (non-hydrogen) atoms. The average molecular weight is 371 g/mol. The van der Waals surface area contributed by atoms with Gasteiger partial charge in [-0.3, -0.25) is 4.90 Å². The maximum atomic E-state index is 12.2. The number of amides is 2. The number of carbonyl (C=O) groups is 1. The Hall–Kier alpha value is -2.31. The molecule has 1 aliphatic rings. The van der Waals surface area contributed by atoms with Gasteiger partial charge in [-0.25, -0.2) is 4.79 Å². The van der Waals surface area contributed by atoms with Crippen LogP contribution < -0.4 is 10.6 Å². The van der Waals surface area contributed by atoms with Crippen LogP contribution >= 0.6 is 0 Å². The van der Waals surface area contributed by atoms with E-state index in [0.29, 0.717) is 26.3 Å². The molecule has 0 spiro atoms. The van der Waals surface area contributed by atoms with Crippen LogP contribution in [-0.4, -0.2) is 50.3 Å². The van der Waals surface area contributed by atoms with Crippen molar-refractivity contribution in [3.63, 3.8) is 0 Å². The molecule has 146 valence electrons. The number of nitrogens with zero attached hydrogens (tertiary/aromatic N) is 1. The van der Waals surface area contributed by atoms with Crippen molar-refractivity contribution >= 4 is 6.03 Å². The van der Waals surface area contributed by atoms with Crippen LogP contribution in [0.5, 0.6) is 0 Å². The lowest BCUT2D eigenvalue weighted by atomic mass is 10.1. The van der Waals surface area contributed by atoms with E-state index in [0.717, 1.165) is 37.5 Å². The highest BCUT2D eigenvalue weighted by atomic mass is 16.5. The topological polar surface area (TPSA) is 66.7 Å². The summed E-state index contributed by atoms with van der Waals surface area (Å²) >= 11 is 0. The highest BCUT2D eigenvalue weighted by molar-refractivity contribution is 5.73. The van der Waals surface area contributed by atoms with Gasteiger partial charge in [0.15, 0.2) is 0 Å². The van der Waals surface area contributed by atoms with E-state index in [1.165, 1.54) is 5.56 Å². The third-order valence-corrected chi connectivity index (χ3v) is 4.80. The Labute approximate surface area is 160 Å². The number of hydrogen-bond acceptors (Lipinski definition) is 4. The molecule has 1 aliphatic heterocycles. The summed E-state index contributed by atoms with van der Waals surface area (Å²) in [6.45, 7) is 6.20. The van der Waals surface area contributed by atoms with E-state index in [9.17, 15) is 4.79 Å². The normalized spacial score (nSPS) is 16.0. The minimum absolute atomic E-state index is 0.0256. The molecule has 3 rings (SSSR count). The lowest BCUT2D eigenvalue weighted by molar-refractivity contribution is 0.0121. The van der Waals surface area contributed by atoms with E-state index >= 15 is 0 Å². The molecule has 1 fully saturated rings. The highest BCUT2D eigenvalue weighted by Gasteiger charge is 2.25. The number of nitrogens with one attached hydrogen (secondary N) is 2. The Morgan fingerprint density at radius 2 is 1.89 bits per heavy atom. The van der Waals surface area contributed by atoms with Gasteiger partial charge in [-0.1, -0.05) is 30.3 Å². The standard InChI is InChI=1S/C21H29N3O3/c1-17-9-10-20(27-17)19(24-12-14-26-15-13-24)16-23-21(25)22-11-5-8-18-6-3-2-4-7-18/h2-4,6-7,9-10,19H,5,8,11-16H2,1H3,(H2,22,23,25). The third-order valence-electron chi connectivity index (χ3n) is 4.80. The van der Waals surface area contributed by atoms with Crippen molar-refractivity contribution in [1.82, 2.24) is 15.5 Å². The van der Waals surface area contributed by atoms with Gasteiger partial charge in [0.05, 0.1) is 19.3 Å². The number of furan rings is 1. The number of benzene rings is 1. The summed E-state index contributed by atoms with van der Waals surface area (Å²) in [5.41, 5.74) is 1.29. The van der Waals surface area contributed by atoms with Crippen molar-refractivity contribution in [3.8, 4) is 0 Å². The highest BCUT2D eigenvalue weighted by Crippen LogP contribution is 2.23. The average Bonchev–Trinajstić information content (AvgIpc) is 3.13. The molecule has 1 aromatic carbocycles. The molecule has 0 bridgehead atoms. The molecule has 6 heteroatoms. The van der Waals surface area contributed by atoms with Crippen LogP contribution in [0.1, 0.15) is 29.5 Å². The number of morpholine rings is 1. The van der Waals surface area contributed by atoms with Gasteiger partial charge in [0.2, 0.25) is 0 Å². The van der Waals surface area contributed by atoms with Crippen molar-refractivity contribution in [3.05, 3.63) is 59.5 Å². The van der Waals surface area contributed by atoms with E-state index in [4.69, 9.17) is 9.15 Å². The molecule has 2 aromatic rings. The fourth-order valence-electron chi connectivity index (χ4n) is 3.32. The Morgan fingerprint density at radius 3 is 2.59 bits per heavy atom. The third kappa shape index (κ3) is 6.12. The summed E-state index contributed by atoms with van der Waals surface area (Å²) in [4.78, 5) is 14.5.